The first kappa shape index (κ1) is 9.10. The number of rotatable bonds is 0. The molecule has 0 N–H and O–H groups in total. The second kappa shape index (κ2) is 3.35. The largest absolute Gasteiger partial charge is 0.343 e. The second-order valence-electron chi connectivity index (χ2n) is 4.37. The highest BCUT2D eigenvalue weighted by Crippen LogP contribution is 2.40. The molecule has 3 unspecified atom stereocenters. The average molecular weight is 177 g/mol. The molecule has 3 heteroatoms. The van der Waals surface area contributed by atoms with Gasteiger partial charge < -0.3 is 4.90 Å². The minimum atomic E-state index is 0.301. The lowest BCUT2D eigenvalue weighted by atomic mass is 9.63. The molecule has 1 saturated carbocycles. The molecule has 2 fully saturated rings. The maximum atomic E-state index is 11.4. The van der Waals surface area contributed by atoms with Gasteiger partial charge in [-0.15, -0.1) is 0 Å². The second-order valence-corrected chi connectivity index (χ2v) is 4.37. The van der Waals surface area contributed by atoms with Gasteiger partial charge in [-0.2, -0.15) is 0 Å². The Labute approximate surface area is 81.1 Å². The molecule has 13 heavy (non-hydrogen) atoms. The number of piperidine rings is 1. The van der Waals surface area contributed by atoms with E-state index < -0.39 is 0 Å². The summed E-state index contributed by atoms with van der Waals surface area (Å²) < 4.78 is 0. The van der Waals surface area contributed by atoms with Gasteiger partial charge in [-0.1, -0.05) is 18.7 Å². The molecule has 1 amide bonds. The molecule has 2 aliphatic rings. The summed E-state index contributed by atoms with van der Waals surface area (Å²) in [4.78, 5) is 13.4. The van der Waals surface area contributed by atoms with Crippen molar-refractivity contribution in [2.75, 3.05) is 7.05 Å². The molecule has 0 aromatic rings. The quantitative estimate of drug-likeness (QED) is 0.511. The van der Waals surface area contributed by atoms with Crippen LogP contribution >= 0.6 is 0 Å². The van der Waals surface area contributed by atoms with Crippen molar-refractivity contribution in [2.45, 2.75) is 44.0 Å². The van der Waals surface area contributed by atoms with Crippen LogP contribution in [0, 0.1) is 5.92 Å². The van der Waals surface area contributed by atoms with Gasteiger partial charge in [0, 0.05) is 19.5 Å². The standard InChI is InChI=1S/C10H16BNO/c1-12-9-4-2-3-8(11)7(9)5-6-10(12)13/h7-9H,2-6H2,1H3. The van der Waals surface area contributed by atoms with E-state index in [9.17, 15) is 4.79 Å². The lowest BCUT2D eigenvalue weighted by Crippen LogP contribution is -2.49. The molecule has 2 radical (unpaired) electrons. The first-order valence-electron chi connectivity index (χ1n) is 5.21. The van der Waals surface area contributed by atoms with Gasteiger partial charge in [-0.25, -0.2) is 0 Å². The number of likely N-dealkylation sites (tertiary alicyclic amines) is 1. The molecule has 0 aromatic heterocycles. The van der Waals surface area contributed by atoms with Crippen LogP contribution in [0.25, 0.3) is 0 Å². The van der Waals surface area contributed by atoms with Crippen molar-refractivity contribution in [1.82, 2.24) is 4.90 Å². The van der Waals surface area contributed by atoms with Crippen molar-refractivity contribution in [1.29, 1.82) is 0 Å². The fourth-order valence-electron chi connectivity index (χ4n) is 2.81. The maximum absolute atomic E-state index is 11.4. The van der Waals surface area contributed by atoms with Gasteiger partial charge in [0.15, 0.2) is 0 Å². The normalized spacial score (nSPS) is 40.2. The van der Waals surface area contributed by atoms with Crippen LogP contribution in [0.15, 0.2) is 0 Å². The third kappa shape index (κ3) is 1.49. The number of fused-ring (bicyclic) bond motifs is 1. The summed E-state index contributed by atoms with van der Waals surface area (Å²) in [5.41, 5.74) is 0. The van der Waals surface area contributed by atoms with E-state index in [1.54, 1.807) is 0 Å². The monoisotopic (exact) mass is 177 g/mol. The van der Waals surface area contributed by atoms with Crippen LogP contribution in [-0.2, 0) is 4.79 Å². The van der Waals surface area contributed by atoms with Crippen molar-refractivity contribution in [3.8, 4) is 0 Å². The molecule has 3 atom stereocenters. The molecule has 1 heterocycles. The lowest BCUT2D eigenvalue weighted by Gasteiger charge is -2.45. The van der Waals surface area contributed by atoms with Crippen LogP contribution in [0.2, 0.25) is 5.82 Å². The molecule has 0 spiro atoms. The molecular weight excluding hydrogens is 161 g/mol. The van der Waals surface area contributed by atoms with E-state index in [0.29, 0.717) is 30.1 Å². The van der Waals surface area contributed by atoms with E-state index in [1.807, 2.05) is 11.9 Å². The maximum Gasteiger partial charge on any atom is 0.222 e. The lowest BCUT2D eigenvalue weighted by molar-refractivity contribution is -0.137. The topological polar surface area (TPSA) is 20.3 Å². The van der Waals surface area contributed by atoms with Gasteiger partial charge >= 0.3 is 0 Å². The fraction of sp³-hybridized carbons (Fsp3) is 0.900. The molecule has 0 aromatic carbocycles. The minimum Gasteiger partial charge on any atom is -0.343 e. The SMILES string of the molecule is [B]C1CCCC2C1CCC(=O)N2C. The third-order valence-electron chi connectivity index (χ3n) is 3.66. The summed E-state index contributed by atoms with van der Waals surface area (Å²) in [6, 6.07) is 0.435. The Kier molecular flexibility index (Phi) is 2.35. The van der Waals surface area contributed by atoms with Crippen molar-refractivity contribution >= 4 is 13.8 Å². The first-order chi connectivity index (χ1) is 6.20. The van der Waals surface area contributed by atoms with E-state index >= 15 is 0 Å². The van der Waals surface area contributed by atoms with Crippen LogP contribution in [0.1, 0.15) is 32.1 Å². The zero-order valence-corrected chi connectivity index (χ0v) is 8.20. The summed E-state index contributed by atoms with van der Waals surface area (Å²) in [5, 5.41) is 0. The predicted molar refractivity (Wildman–Crippen MR) is 52.6 cm³/mol. The van der Waals surface area contributed by atoms with Crippen molar-refractivity contribution in [2.24, 2.45) is 5.92 Å². The molecule has 2 rings (SSSR count). The van der Waals surface area contributed by atoms with Gasteiger partial charge in [0.25, 0.3) is 0 Å². The molecular formula is C10H16BNO. The van der Waals surface area contributed by atoms with Crippen LogP contribution in [0.5, 0.6) is 0 Å². The molecule has 1 aliphatic heterocycles. The summed E-state index contributed by atoms with van der Waals surface area (Å²) in [6.07, 6.45) is 5.18. The van der Waals surface area contributed by atoms with E-state index in [1.165, 1.54) is 6.42 Å². The molecule has 0 bridgehead atoms. The van der Waals surface area contributed by atoms with Crippen LogP contribution in [-0.4, -0.2) is 31.7 Å². The highest BCUT2D eigenvalue weighted by molar-refractivity contribution is 6.12. The highest BCUT2D eigenvalue weighted by atomic mass is 16.2. The summed E-state index contributed by atoms with van der Waals surface area (Å²) in [7, 11) is 7.99. The van der Waals surface area contributed by atoms with Crippen molar-refractivity contribution in [3.63, 3.8) is 0 Å². The van der Waals surface area contributed by atoms with Crippen LogP contribution < -0.4 is 0 Å². The first-order valence-corrected chi connectivity index (χ1v) is 5.21. The summed E-state index contributed by atoms with van der Waals surface area (Å²) in [5.74, 6) is 1.20. The zero-order chi connectivity index (χ0) is 9.42. The van der Waals surface area contributed by atoms with Gasteiger partial charge in [0.05, 0.1) is 7.85 Å². The molecule has 2 nitrogen and oxygen atoms in total. The average Bonchev–Trinajstić information content (AvgIpc) is 2.12. The predicted octanol–water partition coefficient (Wildman–Crippen LogP) is 1.36. The summed E-state index contributed by atoms with van der Waals surface area (Å²) in [6.45, 7) is 0. The Morgan fingerprint density at radius 1 is 1.38 bits per heavy atom. The Balaban J connectivity index is 2.12. The van der Waals surface area contributed by atoms with Gasteiger partial charge in [0.1, 0.15) is 0 Å². The van der Waals surface area contributed by atoms with E-state index in [-0.39, 0.29) is 0 Å². The number of hydrogen-bond acceptors (Lipinski definition) is 1. The Morgan fingerprint density at radius 3 is 2.92 bits per heavy atom. The van der Waals surface area contributed by atoms with Gasteiger partial charge in [-0.3, -0.25) is 4.79 Å². The van der Waals surface area contributed by atoms with Crippen LogP contribution in [0.4, 0.5) is 0 Å². The number of hydrogen-bond donors (Lipinski definition) is 0. The Hall–Kier alpha value is -0.465. The van der Waals surface area contributed by atoms with E-state index in [2.05, 4.69) is 0 Å². The van der Waals surface area contributed by atoms with Gasteiger partial charge in [-0.05, 0) is 18.8 Å². The van der Waals surface area contributed by atoms with E-state index in [4.69, 9.17) is 7.85 Å². The zero-order valence-electron chi connectivity index (χ0n) is 8.20. The van der Waals surface area contributed by atoms with Crippen molar-refractivity contribution in [3.05, 3.63) is 0 Å². The summed E-state index contributed by atoms with van der Waals surface area (Å²) >= 11 is 0. The molecule has 1 saturated heterocycles. The molecule has 70 valence electrons. The number of amides is 1. The molecule has 1 aliphatic carbocycles. The van der Waals surface area contributed by atoms with Crippen molar-refractivity contribution < 1.29 is 4.79 Å². The minimum absolute atomic E-state index is 0.301. The highest BCUT2D eigenvalue weighted by Gasteiger charge is 2.37. The Bertz CT molecular complexity index is 219. The van der Waals surface area contributed by atoms with Crippen LogP contribution in [0.3, 0.4) is 0 Å². The third-order valence-corrected chi connectivity index (χ3v) is 3.66. The van der Waals surface area contributed by atoms with E-state index in [0.717, 1.165) is 19.3 Å². The smallest absolute Gasteiger partial charge is 0.222 e. The number of nitrogens with zero attached hydrogens (tertiary/aromatic N) is 1. The Morgan fingerprint density at radius 2 is 2.15 bits per heavy atom. The van der Waals surface area contributed by atoms with Gasteiger partial charge in [0.2, 0.25) is 5.91 Å². The number of carbonyl (C=O) groups is 1. The number of carbonyl (C=O) groups excluding carboxylic acids is 1. The fourth-order valence-corrected chi connectivity index (χ4v) is 2.81.